The van der Waals surface area contributed by atoms with E-state index in [1.165, 1.54) is 0 Å². The second-order valence-corrected chi connectivity index (χ2v) is 7.48. The second kappa shape index (κ2) is 7.29. The van der Waals surface area contributed by atoms with Crippen LogP contribution < -0.4 is 4.74 Å². The van der Waals surface area contributed by atoms with Crippen molar-refractivity contribution in [3.05, 3.63) is 63.7 Å². The first-order chi connectivity index (χ1) is 12.4. The molecule has 0 aromatic heterocycles. The minimum atomic E-state index is -0.712. The molecule has 1 unspecified atom stereocenters. The summed E-state index contributed by atoms with van der Waals surface area (Å²) in [4.78, 5) is 14.9. The second-order valence-electron chi connectivity index (χ2n) is 7.04. The van der Waals surface area contributed by atoms with Gasteiger partial charge in [-0.05, 0) is 62.0 Å². The van der Waals surface area contributed by atoms with Crippen molar-refractivity contribution in [1.29, 1.82) is 0 Å². The monoisotopic (exact) mass is 373 g/mol. The van der Waals surface area contributed by atoms with Gasteiger partial charge < -0.3 is 14.4 Å². The molecule has 0 radical (unpaired) electrons. The molecular formula is C21H24ClNO3. The third kappa shape index (κ3) is 3.44. The number of ether oxygens (including phenoxy) is 2. The normalized spacial score (nSPS) is 19.2. The third-order valence-corrected chi connectivity index (χ3v) is 5.32. The predicted octanol–water partition coefficient (Wildman–Crippen LogP) is 4.22. The van der Waals surface area contributed by atoms with Crippen LogP contribution in [0.5, 0.6) is 5.75 Å². The number of fused-ring (bicyclic) bond motifs is 1. The van der Waals surface area contributed by atoms with Gasteiger partial charge in [-0.25, -0.2) is 4.79 Å². The van der Waals surface area contributed by atoms with E-state index in [4.69, 9.17) is 21.1 Å². The van der Waals surface area contributed by atoms with Crippen molar-refractivity contribution >= 4 is 17.6 Å². The highest BCUT2D eigenvalue weighted by Gasteiger charge is 2.42. The SMILES string of the molecule is COc1ccc2c(c1C)CC(CCN(C)C)(c1ccc(Cl)cc1)OC2=O. The van der Waals surface area contributed by atoms with Crippen molar-refractivity contribution in [1.82, 2.24) is 4.90 Å². The molecule has 0 fully saturated rings. The van der Waals surface area contributed by atoms with Gasteiger partial charge in [-0.3, -0.25) is 0 Å². The lowest BCUT2D eigenvalue weighted by atomic mass is 9.79. The van der Waals surface area contributed by atoms with Gasteiger partial charge in [0.15, 0.2) is 0 Å². The summed E-state index contributed by atoms with van der Waals surface area (Å²) in [6.45, 7) is 2.79. The predicted molar refractivity (Wildman–Crippen MR) is 103 cm³/mol. The van der Waals surface area contributed by atoms with Crippen molar-refractivity contribution in [2.75, 3.05) is 27.7 Å². The molecule has 0 amide bonds. The lowest BCUT2D eigenvalue weighted by Gasteiger charge is -2.39. The summed E-state index contributed by atoms with van der Waals surface area (Å²) in [7, 11) is 5.68. The van der Waals surface area contributed by atoms with Crippen LogP contribution in [0.3, 0.4) is 0 Å². The van der Waals surface area contributed by atoms with E-state index in [9.17, 15) is 4.79 Å². The first-order valence-corrected chi connectivity index (χ1v) is 9.05. The quantitative estimate of drug-likeness (QED) is 0.736. The number of hydrogen-bond acceptors (Lipinski definition) is 4. The number of esters is 1. The molecule has 3 rings (SSSR count). The minimum absolute atomic E-state index is 0.286. The molecule has 1 atom stereocenters. The molecule has 0 N–H and O–H groups in total. The molecule has 1 aliphatic heterocycles. The highest BCUT2D eigenvalue weighted by molar-refractivity contribution is 6.30. The van der Waals surface area contributed by atoms with Crippen LogP contribution in [0.2, 0.25) is 5.02 Å². The van der Waals surface area contributed by atoms with E-state index in [1.807, 2.05) is 51.4 Å². The molecule has 5 heteroatoms. The van der Waals surface area contributed by atoms with Gasteiger partial charge in [-0.1, -0.05) is 23.7 Å². The summed E-state index contributed by atoms with van der Waals surface area (Å²) in [5, 5.41) is 0.664. The van der Waals surface area contributed by atoms with E-state index in [-0.39, 0.29) is 5.97 Å². The van der Waals surface area contributed by atoms with Gasteiger partial charge in [-0.2, -0.15) is 0 Å². The lowest BCUT2D eigenvalue weighted by Crippen LogP contribution is -2.41. The zero-order chi connectivity index (χ0) is 18.9. The summed E-state index contributed by atoms with van der Waals surface area (Å²) in [5.41, 5.74) is 2.86. The van der Waals surface area contributed by atoms with Crippen LogP contribution in [0.4, 0.5) is 0 Å². The van der Waals surface area contributed by atoms with E-state index in [2.05, 4.69) is 4.90 Å². The number of benzene rings is 2. The summed E-state index contributed by atoms with van der Waals surface area (Å²) in [6.07, 6.45) is 1.32. The maximum absolute atomic E-state index is 12.8. The Morgan fingerprint density at radius 3 is 2.50 bits per heavy atom. The largest absolute Gasteiger partial charge is 0.496 e. The Morgan fingerprint density at radius 1 is 1.19 bits per heavy atom. The van der Waals surface area contributed by atoms with Gasteiger partial charge in [-0.15, -0.1) is 0 Å². The van der Waals surface area contributed by atoms with Crippen LogP contribution in [-0.4, -0.2) is 38.6 Å². The number of rotatable bonds is 5. The Morgan fingerprint density at radius 2 is 1.88 bits per heavy atom. The van der Waals surface area contributed by atoms with E-state index in [0.717, 1.165) is 29.0 Å². The standard InChI is InChI=1S/C21H24ClNO3/c1-14-18-13-21(11-12-23(2)3,15-5-7-16(22)8-6-15)26-20(24)17(18)9-10-19(14)25-4/h5-10H,11-13H2,1-4H3. The number of nitrogens with zero attached hydrogens (tertiary/aromatic N) is 1. The fraction of sp³-hybridized carbons (Fsp3) is 0.381. The van der Waals surface area contributed by atoms with Crippen molar-refractivity contribution in [3.63, 3.8) is 0 Å². The summed E-state index contributed by atoms with van der Waals surface area (Å²) < 4.78 is 11.5. The van der Waals surface area contributed by atoms with Crippen LogP contribution in [0.15, 0.2) is 36.4 Å². The van der Waals surface area contributed by atoms with Crippen LogP contribution in [-0.2, 0) is 16.8 Å². The zero-order valence-electron chi connectivity index (χ0n) is 15.6. The number of hydrogen-bond donors (Lipinski definition) is 0. The molecule has 2 aromatic rings. The average molecular weight is 374 g/mol. The lowest BCUT2D eigenvalue weighted by molar-refractivity contribution is -0.0356. The highest BCUT2D eigenvalue weighted by atomic mass is 35.5. The molecule has 4 nitrogen and oxygen atoms in total. The van der Waals surface area contributed by atoms with Crippen LogP contribution >= 0.6 is 11.6 Å². The van der Waals surface area contributed by atoms with Crippen molar-refractivity contribution < 1.29 is 14.3 Å². The summed E-state index contributed by atoms with van der Waals surface area (Å²) >= 11 is 6.07. The van der Waals surface area contributed by atoms with Gasteiger partial charge in [0.1, 0.15) is 11.4 Å². The van der Waals surface area contributed by atoms with Gasteiger partial charge in [0.2, 0.25) is 0 Å². The van der Waals surface area contributed by atoms with Crippen molar-refractivity contribution in [2.45, 2.75) is 25.4 Å². The minimum Gasteiger partial charge on any atom is -0.496 e. The number of carbonyl (C=O) groups is 1. The Bertz CT molecular complexity index is 817. The van der Waals surface area contributed by atoms with Gasteiger partial charge in [0.25, 0.3) is 0 Å². The molecule has 2 aromatic carbocycles. The Balaban J connectivity index is 2.11. The number of carbonyl (C=O) groups excluding carboxylic acids is 1. The molecule has 0 bridgehead atoms. The van der Waals surface area contributed by atoms with E-state index >= 15 is 0 Å². The molecule has 0 saturated carbocycles. The van der Waals surface area contributed by atoms with Gasteiger partial charge in [0.05, 0.1) is 12.7 Å². The highest BCUT2D eigenvalue weighted by Crippen LogP contribution is 2.42. The Labute approximate surface area is 159 Å². The first kappa shape index (κ1) is 18.7. The Kier molecular flexibility index (Phi) is 5.26. The first-order valence-electron chi connectivity index (χ1n) is 8.67. The smallest absolute Gasteiger partial charge is 0.339 e. The third-order valence-electron chi connectivity index (χ3n) is 5.07. The number of halogens is 1. The fourth-order valence-corrected chi connectivity index (χ4v) is 3.66. The molecule has 26 heavy (non-hydrogen) atoms. The topological polar surface area (TPSA) is 38.8 Å². The maximum atomic E-state index is 12.8. The maximum Gasteiger partial charge on any atom is 0.339 e. The number of methoxy groups -OCH3 is 1. The Hall–Kier alpha value is -2.04. The van der Waals surface area contributed by atoms with E-state index in [1.54, 1.807) is 13.2 Å². The van der Waals surface area contributed by atoms with E-state index < -0.39 is 5.60 Å². The van der Waals surface area contributed by atoms with Crippen molar-refractivity contribution in [2.24, 2.45) is 0 Å². The van der Waals surface area contributed by atoms with E-state index in [0.29, 0.717) is 23.4 Å². The molecule has 1 aliphatic rings. The molecule has 0 aliphatic carbocycles. The molecule has 138 valence electrons. The molecule has 1 heterocycles. The van der Waals surface area contributed by atoms with Gasteiger partial charge >= 0.3 is 5.97 Å². The summed E-state index contributed by atoms with van der Waals surface area (Å²) in [5.74, 6) is 0.502. The molecule has 0 spiro atoms. The average Bonchev–Trinajstić information content (AvgIpc) is 2.61. The zero-order valence-corrected chi connectivity index (χ0v) is 16.4. The summed E-state index contributed by atoms with van der Waals surface area (Å²) in [6, 6.07) is 11.2. The van der Waals surface area contributed by atoms with Crippen molar-refractivity contribution in [3.8, 4) is 5.75 Å². The van der Waals surface area contributed by atoms with Crippen LogP contribution in [0.25, 0.3) is 0 Å². The van der Waals surface area contributed by atoms with Crippen LogP contribution in [0.1, 0.15) is 33.5 Å². The fourth-order valence-electron chi connectivity index (χ4n) is 3.53. The number of cyclic esters (lactones) is 1. The van der Waals surface area contributed by atoms with Crippen LogP contribution in [0, 0.1) is 6.92 Å². The molecular weight excluding hydrogens is 350 g/mol. The molecule has 0 saturated heterocycles. The van der Waals surface area contributed by atoms with Gasteiger partial charge in [0, 0.05) is 24.4 Å².